The topological polar surface area (TPSA) is 68.2 Å². The van der Waals surface area contributed by atoms with E-state index >= 15 is 0 Å². The minimum atomic E-state index is 0.316. The number of nitrogens with two attached hydrogens (primary N) is 1. The Hall–Kier alpha value is -1.33. The number of hydrogen-bond acceptors (Lipinski definition) is 4. The highest BCUT2D eigenvalue weighted by Gasteiger charge is 2.49. The largest absolute Gasteiger partial charge is 0.367 e. The lowest BCUT2D eigenvalue weighted by atomic mass is 9.84. The Balaban J connectivity index is 1.66. The van der Waals surface area contributed by atoms with E-state index in [0.717, 1.165) is 37.1 Å². The second-order valence-corrected chi connectivity index (χ2v) is 7.97. The van der Waals surface area contributed by atoms with Crippen molar-refractivity contribution in [1.82, 2.24) is 14.6 Å². The summed E-state index contributed by atoms with van der Waals surface area (Å²) in [5.74, 6) is 1.11. The maximum Gasteiger partial charge on any atom is 0.176 e. The molecule has 2 saturated carbocycles. The zero-order valence-corrected chi connectivity index (χ0v) is 13.9. The van der Waals surface area contributed by atoms with Crippen LogP contribution < -0.4 is 11.1 Å². The molecule has 0 unspecified atom stereocenters. The number of nitrogens with one attached hydrogen (secondary N) is 1. The van der Waals surface area contributed by atoms with E-state index in [1.54, 1.807) is 6.20 Å². The first-order valence-electron chi connectivity index (χ1n) is 8.75. The number of hydrogen-bond donors (Lipinski definition) is 2. The lowest BCUT2D eigenvalue weighted by Gasteiger charge is -2.28. The van der Waals surface area contributed by atoms with Crippen LogP contribution in [0, 0.1) is 0 Å². The summed E-state index contributed by atoms with van der Waals surface area (Å²) in [5.41, 5.74) is 9.85. The molecule has 2 aromatic heterocycles. The molecule has 6 heteroatoms. The van der Waals surface area contributed by atoms with Gasteiger partial charge in [0.2, 0.25) is 0 Å². The van der Waals surface area contributed by atoms with Crippen LogP contribution in [0.5, 0.6) is 0 Å². The van der Waals surface area contributed by atoms with Gasteiger partial charge in [-0.1, -0.05) is 11.6 Å². The Bertz CT molecular complexity index is 779. The molecule has 23 heavy (non-hydrogen) atoms. The molecule has 5 rings (SSSR count). The maximum atomic E-state index is 6.35. The summed E-state index contributed by atoms with van der Waals surface area (Å²) < 4.78 is 1.91. The molecule has 0 amide bonds. The Morgan fingerprint density at radius 3 is 2.91 bits per heavy atom. The second kappa shape index (κ2) is 4.84. The van der Waals surface area contributed by atoms with Gasteiger partial charge in [0.05, 0.1) is 11.9 Å². The SMILES string of the molecule is N[C@H]1CC[C@H](Nc2c3c(nc4c(Cl)cnn24)C2(CCC3)CC2)C1. The molecular formula is C17H22ClN5. The molecule has 2 aromatic rings. The Morgan fingerprint density at radius 1 is 1.30 bits per heavy atom. The van der Waals surface area contributed by atoms with Crippen molar-refractivity contribution in [2.45, 2.75) is 68.9 Å². The second-order valence-electron chi connectivity index (χ2n) is 7.56. The van der Waals surface area contributed by atoms with Crippen molar-refractivity contribution >= 4 is 23.1 Å². The number of rotatable bonds is 2. The zero-order valence-electron chi connectivity index (χ0n) is 13.2. The van der Waals surface area contributed by atoms with Crippen molar-refractivity contribution in [2.24, 2.45) is 5.73 Å². The van der Waals surface area contributed by atoms with E-state index in [4.69, 9.17) is 22.3 Å². The van der Waals surface area contributed by atoms with E-state index in [0.29, 0.717) is 22.5 Å². The third kappa shape index (κ3) is 2.09. The van der Waals surface area contributed by atoms with Crippen LogP contribution in [-0.2, 0) is 11.8 Å². The standard InChI is InChI=1S/C17H22ClN5/c18-13-9-20-23-15(21-11-4-3-10(19)8-11)12-2-1-5-17(6-7-17)14(12)22-16(13)23/h9-11,21H,1-8,19H2/t10-,11-/m0/s1. The molecule has 3 aliphatic carbocycles. The molecule has 3 N–H and O–H groups in total. The predicted octanol–water partition coefficient (Wildman–Crippen LogP) is 3.04. The van der Waals surface area contributed by atoms with Crippen LogP contribution in [0.4, 0.5) is 5.82 Å². The van der Waals surface area contributed by atoms with Crippen LogP contribution in [-0.4, -0.2) is 26.7 Å². The fraction of sp³-hybridized carbons (Fsp3) is 0.647. The lowest BCUT2D eigenvalue weighted by Crippen LogP contribution is -2.26. The van der Waals surface area contributed by atoms with Crippen LogP contribution in [0.3, 0.4) is 0 Å². The molecule has 0 bridgehead atoms. The fourth-order valence-corrected chi connectivity index (χ4v) is 4.69. The van der Waals surface area contributed by atoms with Crippen molar-refractivity contribution in [3.05, 3.63) is 22.5 Å². The number of nitrogens with zero attached hydrogens (tertiary/aromatic N) is 3. The molecule has 2 heterocycles. The van der Waals surface area contributed by atoms with E-state index in [1.807, 2.05) is 4.52 Å². The van der Waals surface area contributed by atoms with Gasteiger partial charge in [0, 0.05) is 23.1 Å². The van der Waals surface area contributed by atoms with Crippen molar-refractivity contribution in [1.29, 1.82) is 0 Å². The summed E-state index contributed by atoms with van der Waals surface area (Å²) in [4.78, 5) is 4.94. The van der Waals surface area contributed by atoms with E-state index < -0.39 is 0 Å². The minimum Gasteiger partial charge on any atom is -0.367 e. The maximum absolute atomic E-state index is 6.35. The van der Waals surface area contributed by atoms with Gasteiger partial charge < -0.3 is 11.1 Å². The van der Waals surface area contributed by atoms with Gasteiger partial charge in [-0.2, -0.15) is 9.61 Å². The molecule has 0 aromatic carbocycles. The average molecular weight is 332 g/mol. The van der Waals surface area contributed by atoms with Crippen LogP contribution in [0.25, 0.3) is 5.65 Å². The molecule has 1 spiro atoms. The first kappa shape index (κ1) is 14.1. The average Bonchev–Trinajstić information content (AvgIpc) is 3.03. The number of halogens is 1. The molecule has 0 radical (unpaired) electrons. The van der Waals surface area contributed by atoms with Gasteiger partial charge in [-0.05, 0) is 51.4 Å². The van der Waals surface area contributed by atoms with Crippen LogP contribution in [0.15, 0.2) is 6.20 Å². The monoisotopic (exact) mass is 331 g/mol. The van der Waals surface area contributed by atoms with Gasteiger partial charge in [0.25, 0.3) is 0 Å². The Kier molecular flexibility index (Phi) is 2.95. The third-order valence-electron chi connectivity index (χ3n) is 5.95. The first-order chi connectivity index (χ1) is 11.2. The third-order valence-corrected chi connectivity index (χ3v) is 6.22. The Labute approximate surface area is 140 Å². The summed E-state index contributed by atoms with van der Waals surface area (Å²) in [6, 6.07) is 0.747. The summed E-state index contributed by atoms with van der Waals surface area (Å²) in [6.45, 7) is 0. The number of anilines is 1. The zero-order chi connectivity index (χ0) is 15.6. The van der Waals surface area contributed by atoms with E-state index in [-0.39, 0.29) is 0 Å². The van der Waals surface area contributed by atoms with E-state index in [9.17, 15) is 0 Å². The molecule has 2 fully saturated rings. The molecule has 122 valence electrons. The van der Waals surface area contributed by atoms with Crippen molar-refractivity contribution < 1.29 is 0 Å². The summed E-state index contributed by atoms with van der Waals surface area (Å²) in [6.07, 6.45) is 11.1. The van der Waals surface area contributed by atoms with Gasteiger partial charge >= 0.3 is 0 Å². The highest BCUT2D eigenvalue weighted by atomic mass is 35.5. The summed E-state index contributed by atoms with van der Waals surface area (Å²) in [7, 11) is 0. The van der Waals surface area contributed by atoms with Crippen molar-refractivity contribution in [2.75, 3.05) is 5.32 Å². The predicted molar refractivity (Wildman–Crippen MR) is 91.1 cm³/mol. The van der Waals surface area contributed by atoms with Crippen molar-refractivity contribution in [3.8, 4) is 0 Å². The van der Waals surface area contributed by atoms with Gasteiger partial charge in [-0.15, -0.1) is 0 Å². The molecular weight excluding hydrogens is 310 g/mol. The highest BCUT2D eigenvalue weighted by Crippen LogP contribution is 2.55. The first-order valence-corrected chi connectivity index (χ1v) is 9.13. The van der Waals surface area contributed by atoms with Crippen LogP contribution in [0.1, 0.15) is 56.2 Å². The molecule has 3 aliphatic rings. The molecule has 5 nitrogen and oxygen atoms in total. The molecule has 2 atom stereocenters. The number of aromatic nitrogens is 3. The smallest absolute Gasteiger partial charge is 0.176 e. The van der Waals surface area contributed by atoms with Gasteiger partial charge in [0.1, 0.15) is 10.8 Å². The van der Waals surface area contributed by atoms with E-state index in [2.05, 4.69) is 10.4 Å². The normalized spacial score (nSPS) is 28.3. The van der Waals surface area contributed by atoms with Gasteiger partial charge in [-0.3, -0.25) is 0 Å². The van der Waals surface area contributed by atoms with E-state index in [1.165, 1.54) is 36.9 Å². The quantitative estimate of drug-likeness (QED) is 0.887. The highest BCUT2D eigenvalue weighted by molar-refractivity contribution is 6.33. The van der Waals surface area contributed by atoms with Gasteiger partial charge in [-0.25, -0.2) is 4.98 Å². The fourth-order valence-electron chi connectivity index (χ4n) is 4.52. The Morgan fingerprint density at radius 2 is 2.17 bits per heavy atom. The summed E-state index contributed by atoms with van der Waals surface area (Å²) in [5, 5.41) is 8.87. The van der Waals surface area contributed by atoms with Crippen LogP contribution in [0.2, 0.25) is 5.02 Å². The molecule has 0 aliphatic heterocycles. The van der Waals surface area contributed by atoms with Crippen molar-refractivity contribution in [3.63, 3.8) is 0 Å². The van der Waals surface area contributed by atoms with Crippen LogP contribution >= 0.6 is 11.6 Å². The summed E-state index contributed by atoms with van der Waals surface area (Å²) >= 11 is 6.35. The number of fused-ring (bicyclic) bond motifs is 3. The lowest BCUT2D eigenvalue weighted by molar-refractivity contribution is 0.523. The van der Waals surface area contributed by atoms with Gasteiger partial charge in [0.15, 0.2) is 5.65 Å². The molecule has 0 saturated heterocycles. The minimum absolute atomic E-state index is 0.316.